The van der Waals surface area contributed by atoms with Crippen LogP contribution in [0.25, 0.3) is 0 Å². The van der Waals surface area contributed by atoms with Gasteiger partial charge in [-0.15, -0.1) is 0 Å². The van der Waals surface area contributed by atoms with Crippen LogP contribution < -0.4 is 0 Å². The molecule has 0 radical (unpaired) electrons. The zero-order valence-electron chi connectivity index (χ0n) is 10.6. The molecule has 0 aliphatic heterocycles. The van der Waals surface area contributed by atoms with E-state index in [0.29, 0.717) is 10.8 Å². The monoisotopic (exact) mass is 222 g/mol. The van der Waals surface area contributed by atoms with Gasteiger partial charge in [0.1, 0.15) is 0 Å². The van der Waals surface area contributed by atoms with Crippen LogP contribution >= 0.6 is 0 Å². The number of hydrogen-bond donors (Lipinski definition) is 0. The predicted octanol–water partition coefficient (Wildman–Crippen LogP) is 3.84. The van der Waals surface area contributed by atoms with Crippen molar-refractivity contribution in [2.24, 2.45) is 11.8 Å². The van der Waals surface area contributed by atoms with E-state index in [9.17, 15) is 0 Å². The Morgan fingerprint density at radius 2 is 1.88 bits per heavy atom. The molecule has 0 saturated heterocycles. The molecule has 1 aromatic carbocycles. The summed E-state index contributed by atoms with van der Waals surface area (Å²) in [5.41, 5.74) is 8.31. The minimum atomic E-state index is 0.550. The topological polar surface area (TPSA) is 0 Å². The van der Waals surface area contributed by atoms with Crippen LogP contribution in [0.2, 0.25) is 0 Å². The Labute approximate surface area is 102 Å². The van der Waals surface area contributed by atoms with Crippen LogP contribution in [0.3, 0.4) is 0 Å². The summed E-state index contributed by atoms with van der Waals surface area (Å²) in [6.45, 7) is 5.08. The van der Waals surface area contributed by atoms with Crippen LogP contribution in [0, 0.1) is 11.8 Å². The van der Waals surface area contributed by atoms with Gasteiger partial charge in [0.2, 0.25) is 0 Å². The second-order valence-corrected chi connectivity index (χ2v) is 7.82. The Balaban J connectivity index is 1.91. The summed E-state index contributed by atoms with van der Waals surface area (Å²) in [4.78, 5) is 0. The first-order chi connectivity index (χ1) is 8.15. The minimum Gasteiger partial charge on any atom is -0.0581 e. The van der Waals surface area contributed by atoms with Crippen molar-refractivity contribution in [3.05, 3.63) is 34.4 Å². The highest BCUT2D eigenvalue weighted by Gasteiger charge is 2.72. The fourth-order valence-corrected chi connectivity index (χ4v) is 6.87. The summed E-state index contributed by atoms with van der Waals surface area (Å²) in [5.74, 6) is 3.81. The third-order valence-corrected chi connectivity index (χ3v) is 7.69. The van der Waals surface area contributed by atoms with Gasteiger partial charge in [0.25, 0.3) is 0 Å². The van der Waals surface area contributed by atoms with Crippen molar-refractivity contribution in [3.63, 3.8) is 0 Å². The van der Waals surface area contributed by atoms with E-state index in [1.807, 2.05) is 0 Å². The fourth-order valence-electron chi connectivity index (χ4n) is 6.87. The van der Waals surface area contributed by atoms with Gasteiger partial charge in [0.15, 0.2) is 0 Å². The summed E-state index contributed by atoms with van der Waals surface area (Å²) < 4.78 is 0. The Morgan fingerprint density at radius 1 is 1.06 bits per heavy atom. The lowest BCUT2D eigenvalue weighted by atomic mass is 9.29. The molecule has 11 rings (SSSR count). The Hall–Kier alpha value is -0.780. The van der Waals surface area contributed by atoms with Crippen LogP contribution in [0.5, 0.6) is 0 Å². The van der Waals surface area contributed by atoms with Crippen LogP contribution in [0.15, 0.2) is 12.1 Å². The van der Waals surface area contributed by atoms with E-state index in [2.05, 4.69) is 26.0 Å². The smallest absolute Gasteiger partial charge is 0.0000125 e. The Morgan fingerprint density at radius 3 is 2.71 bits per heavy atom. The van der Waals surface area contributed by atoms with E-state index in [-0.39, 0.29) is 0 Å². The van der Waals surface area contributed by atoms with Gasteiger partial charge in [0.05, 0.1) is 0 Å². The molecule has 6 atom stereocenters. The molecule has 1 aromatic rings. The van der Waals surface area contributed by atoms with Gasteiger partial charge >= 0.3 is 0 Å². The van der Waals surface area contributed by atoms with E-state index in [1.54, 1.807) is 22.3 Å². The van der Waals surface area contributed by atoms with Crippen LogP contribution in [0.4, 0.5) is 0 Å². The summed E-state index contributed by atoms with van der Waals surface area (Å²) >= 11 is 0. The first kappa shape index (κ1) is 8.34. The average Bonchev–Trinajstić information content (AvgIpc) is 2.30. The van der Waals surface area contributed by atoms with Crippen LogP contribution in [-0.2, 0) is 10.8 Å². The molecule has 0 heteroatoms. The molecule has 0 heterocycles. The maximum absolute atomic E-state index is 2.64. The third kappa shape index (κ3) is 0.539. The van der Waals surface area contributed by atoms with Gasteiger partial charge in [0, 0.05) is 0 Å². The molecule has 2 fully saturated rings. The summed E-state index contributed by atoms with van der Waals surface area (Å²) in [6.07, 6.45) is 4.54. The van der Waals surface area contributed by atoms with Gasteiger partial charge < -0.3 is 0 Å². The van der Waals surface area contributed by atoms with Gasteiger partial charge in [-0.2, -0.15) is 0 Å². The van der Waals surface area contributed by atoms with Crippen molar-refractivity contribution in [1.82, 2.24) is 0 Å². The van der Waals surface area contributed by atoms with E-state index >= 15 is 0 Å². The molecule has 9 bridgehead atoms. The molecule has 0 N–H and O–H groups in total. The van der Waals surface area contributed by atoms with E-state index in [0.717, 1.165) is 23.7 Å². The lowest BCUT2D eigenvalue weighted by molar-refractivity contribution is -0.0917. The summed E-state index contributed by atoms with van der Waals surface area (Å²) in [5, 5.41) is 0. The number of rotatable bonds is 0. The summed E-state index contributed by atoms with van der Waals surface area (Å²) in [6, 6.07) is 5.26. The molecular formula is C17H18. The summed E-state index contributed by atoms with van der Waals surface area (Å²) in [7, 11) is 0. The first-order valence-electron chi connectivity index (χ1n) is 7.34. The second kappa shape index (κ2) is 1.90. The lowest BCUT2D eigenvalue weighted by Crippen LogP contribution is -2.68. The molecule has 86 valence electrons. The zero-order chi connectivity index (χ0) is 11.2. The van der Waals surface area contributed by atoms with Crippen LogP contribution in [0.1, 0.15) is 67.2 Å². The second-order valence-electron chi connectivity index (χ2n) is 7.82. The fraction of sp³-hybridized carbons (Fsp3) is 0.647. The van der Waals surface area contributed by atoms with Gasteiger partial charge in [-0.05, 0) is 76.0 Å². The van der Waals surface area contributed by atoms with Crippen LogP contribution in [-0.4, -0.2) is 0 Å². The maximum Gasteiger partial charge on any atom is -0.0000125 e. The molecule has 10 aliphatic carbocycles. The third-order valence-electron chi connectivity index (χ3n) is 7.69. The molecule has 2 saturated carbocycles. The van der Waals surface area contributed by atoms with Crippen molar-refractivity contribution in [2.75, 3.05) is 0 Å². The molecular weight excluding hydrogens is 204 g/mol. The number of hydrogen-bond acceptors (Lipinski definition) is 0. The zero-order valence-corrected chi connectivity index (χ0v) is 10.6. The van der Waals surface area contributed by atoms with Crippen molar-refractivity contribution in [2.45, 2.75) is 55.8 Å². The van der Waals surface area contributed by atoms with E-state index < -0.39 is 0 Å². The molecule has 17 heavy (non-hydrogen) atoms. The Bertz CT molecular complexity index is 613. The van der Waals surface area contributed by atoms with Crippen molar-refractivity contribution >= 4 is 0 Å². The number of benzene rings is 1. The minimum absolute atomic E-state index is 0.550. The molecule has 6 unspecified atom stereocenters. The highest BCUT2D eigenvalue weighted by atomic mass is 14.7. The first-order valence-corrected chi connectivity index (χ1v) is 7.34. The van der Waals surface area contributed by atoms with Crippen molar-refractivity contribution < 1.29 is 0 Å². The van der Waals surface area contributed by atoms with E-state index in [1.165, 1.54) is 19.3 Å². The standard InChI is InChI=1S/C17H18/c1-8-9-3-12-13-4-10(9)14-7-17(13)5-11(8)15(17)6-16(12,14)2/h3-4,8,11,14-15H,5-7H2,1-2H3. The van der Waals surface area contributed by atoms with Gasteiger partial charge in [-0.1, -0.05) is 26.0 Å². The lowest BCUT2D eigenvalue weighted by Gasteiger charge is -2.75. The highest BCUT2D eigenvalue weighted by molar-refractivity contribution is 5.64. The van der Waals surface area contributed by atoms with Crippen molar-refractivity contribution in [3.8, 4) is 0 Å². The Kier molecular flexibility index (Phi) is 0.934. The van der Waals surface area contributed by atoms with Crippen molar-refractivity contribution in [1.29, 1.82) is 0 Å². The SMILES string of the molecule is CC1c2cc3c4cc2C2CC45CC1C5CC32C. The maximum atomic E-state index is 2.64. The average molecular weight is 222 g/mol. The molecule has 0 nitrogen and oxygen atoms in total. The molecule has 0 amide bonds. The largest absolute Gasteiger partial charge is 0.0581 e. The van der Waals surface area contributed by atoms with E-state index in [4.69, 9.17) is 0 Å². The molecule has 1 spiro atoms. The molecule has 0 aromatic heterocycles. The predicted molar refractivity (Wildman–Crippen MR) is 67.5 cm³/mol. The molecule has 10 aliphatic rings. The van der Waals surface area contributed by atoms with Gasteiger partial charge in [-0.3, -0.25) is 0 Å². The highest BCUT2D eigenvalue weighted by Crippen LogP contribution is 2.79. The van der Waals surface area contributed by atoms with Gasteiger partial charge in [-0.25, -0.2) is 0 Å². The normalized spacial score (nSPS) is 57.8. The quantitative estimate of drug-likeness (QED) is 0.625.